The smallest absolute Gasteiger partial charge is 0.310 e. The average Bonchev–Trinajstić information content (AvgIpc) is 3.15. The number of amides is 1. The van der Waals surface area contributed by atoms with Crippen molar-refractivity contribution in [3.8, 4) is 6.07 Å². The maximum atomic E-state index is 13.3. The van der Waals surface area contributed by atoms with Crippen LogP contribution in [0.15, 0.2) is 9.70 Å². The zero-order chi connectivity index (χ0) is 27.1. The summed E-state index contributed by atoms with van der Waals surface area (Å²) in [5, 5.41) is 9.78. The van der Waals surface area contributed by atoms with E-state index in [1.165, 1.54) is 11.8 Å². The highest BCUT2D eigenvalue weighted by atomic mass is 32.2. The fraction of sp³-hybridized carbons (Fsp3) is 0.577. The van der Waals surface area contributed by atoms with E-state index in [9.17, 15) is 19.6 Å². The molecule has 37 heavy (non-hydrogen) atoms. The molecule has 9 nitrogen and oxygen atoms in total. The average molecular weight is 547 g/mol. The summed E-state index contributed by atoms with van der Waals surface area (Å²) >= 11 is 6.70. The first kappa shape index (κ1) is 28.9. The number of carbonyl (C=O) groups excluding carboxylic acids is 2. The molecule has 1 aromatic heterocycles. The van der Waals surface area contributed by atoms with Crippen LogP contribution in [0.2, 0.25) is 0 Å². The molecule has 2 saturated heterocycles. The molecule has 1 atom stereocenters. The van der Waals surface area contributed by atoms with Gasteiger partial charge in [0.15, 0.2) is 0 Å². The second kappa shape index (κ2) is 13.2. The SMILES string of the molecule is CCOCCCN1C(=O)/C(=C/c2c(C)c(C#N)c(=O)n(CC)c2N2CCCC(C(=O)OCC)C2)SC1=S. The van der Waals surface area contributed by atoms with Crippen molar-refractivity contribution in [2.75, 3.05) is 44.4 Å². The third-order valence-electron chi connectivity index (χ3n) is 6.53. The van der Waals surface area contributed by atoms with Gasteiger partial charge in [-0.25, -0.2) is 0 Å². The Bertz CT molecular complexity index is 1190. The van der Waals surface area contributed by atoms with E-state index < -0.39 is 0 Å². The maximum absolute atomic E-state index is 13.3. The molecule has 2 aliphatic rings. The Morgan fingerprint density at radius 2 is 2.03 bits per heavy atom. The highest BCUT2D eigenvalue weighted by Gasteiger charge is 2.34. The number of nitrogens with zero attached hydrogens (tertiary/aromatic N) is 4. The van der Waals surface area contributed by atoms with Gasteiger partial charge in [-0.1, -0.05) is 24.0 Å². The van der Waals surface area contributed by atoms with Gasteiger partial charge >= 0.3 is 5.97 Å². The number of esters is 1. The standard InChI is InChI=1S/C26H34N4O5S2/c1-5-29-22(28-11-8-10-18(16-28)25(33)35-7-3)19(17(4)20(15-27)23(29)31)14-21-24(32)30(26(36)37-21)12-9-13-34-6-2/h14,18H,5-13,16H2,1-4H3/b21-14-. The molecule has 0 aromatic carbocycles. The van der Waals surface area contributed by atoms with E-state index in [4.69, 9.17) is 21.7 Å². The fourth-order valence-corrected chi connectivity index (χ4v) is 5.98. The molecule has 0 radical (unpaired) electrons. The van der Waals surface area contributed by atoms with Crippen LogP contribution in [0.1, 0.15) is 56.7 Å². The minimum atomic E-state index is -0.378. The molecule has 0 N–H and O–H groups in total. The second-order valence-corrected chi connectivity index (χ2v) is 10.5. The molecular weight excluding hydrogens is 512 g/mol. The van der Waals surface area contributed by atoms with Crippen molar-refractivity contribution in [3.05, 3.63) is 31.9 Å². The van der Waals surface area contributed by atoms with E-state index in [0.717, 1.165) is 6.42 Å². The number of carbonyl (C=O) groups is 2. The Morgan fingerprint density at radius 3 is 2.68 bits per heavy atom. The first-order valence-electron chi connectivity index (χ1n) is 12.7. The minimum absolute atomic E-state index is 0.0444. The molecule has 0 bridgehead atoms. The van der Waals surface area contributed by atoms with E-state index in [1.54, 1.807) is 29.4 Å². The lowest BCUT2D eigenvalue weighted by atomic mass is 9.96. The topological polar surface area (TPSA) is 105 Å². The van der Waals surface area contributed by atoms with Gasteiger partial charge in [0.25, 0.3) is 11.5 Å². The Morgan fingerprint density at radius 1 is 1.27 bits per heavy atom. The number of thioether (sulfide) groups is 1. The summed E-state index contributed by atoms with van der Waals surface area (Å²) in [5.41, 5.74) is 0.795. The molecular formula is C26H34N4O5S2. The molecule has 0 saturated carbocycles. The maximum Gasteiger partial charge on any atom is 0.310 e. The van der Waals surface area contributed by atoms with Gasteiger partial charge in [-0.3, -0.25) is 23.9 Å². The molecule has 200 valence electrons. The van der Waals surface area contributed by atoms with Gasteiger partial charge in [0, 0.05) is 45.0 Å². The van der Waals surface area contributed by atoms with Crippen LogP contribution in [0.3, 0.4) is 0 Å². The summed E-state index contributed by atoms with van der Waals surface area (Å²) in [5.74, 6) is -0.161. The van der Waals surface area contributed by atoms with Crippen LogP contribution in [0.5, 0.6) is 0 Å². The Hall–Kier alpha value is -2.68. The van der Waals surface area contributed by atoms with Crippen molar-refractivity contribution in [1.29, 1.82) is 5.26 Å². The number of piperidine rings is 1. The highest BCUT2D eigenvalue weighted by molar-refractivity contribution is 8.26. The summed E-state index contributed by atoms with van der Waals surface area (Å²) < 4.78 is 12.7. The van der Waals surface area contributed by atoms with Gasteiger partial charge in [0.2, 0.25) is 0 Å². The number of ether oxygens (including phenoxy) is 2. The van der Waals surface area contributed by atoms with E-state index >= 15 is 0 Å². The number of pyridine rings is 1. The Labute approximate surface area is 227 Å². The zero-order valence-corrected chi connectivity index (χ0v) is 23.5. The summed E-state index contributed by atoms with van der Waals surface area (Å²) in [4.78, 5) is 43.1. The predicted octanol–water partition coefficient (Wildman–Crippen LogP) is 3.46. The lowest BCUT2D eigenvalue weighted by Gasteiger charge is -2.36. The van der Waals surface area contributed by atoms with Gasteiger partial charge < -0.3 is 14.4 Å². The van der Waals surface area contributed by atoms with E-state index in [0.29, 0.717) is 85.0 Å². The van der Waals surface area contributed by atoms with E-state index in [1.807, 2.05) is 24.8 Å². The van der Waals surface area contributed by atoms with Crippen molar-refractivity contribution < 1.29 is 19.1 Å². The highest BCUT2D eigenvalue weighted by Crippen LogP contribution is 2.37. The number of rotatable bonds is 10. The van der Waals surface area contributed by atoms with Crippen LogP contribution in [0.25, 0.3) is 6.08 Å². The quantitative estimate of drug-likeness (QED) is 0.189. The molecule has 1 unspecified atom stereocenters. The predicted molar refractivity (Wildman–Crippen MR) is 148 cm³/mol. The van der Waals surface area contributed by atoms with Gasteiger partial charge in [-0.15, -0.1) is 0 Å². The van der Waals surface area contributed by atoms with Crippen molar-refractivity contribution in [3.63, 3.8) is 0 Å². The molecule has 11 heteroatoms. The fourth-order valence-electron chi connectivity index (χ4n) is 4.69. The molecule has 3 heterocycles. The normalized spacial score (nSPS) is 19.0. The number of aromatic nitrogens is 1. The van der Waals surface area contributed by atoms with Gasteiger partial charge in [-0.2, -0.15) is 5.26 Å². The summed E-state index contributed by atoms with van der Waals surface area (Å²) in [6.07, 6.45) is 3.87. The number of anilines is 1. The number of hydrogen-bond acceptors (Lipinski definition) is 9. The molecule has 2 aliphatic heterocycles. The molecule has 1 aromatic rings. The van der Waals surface area contributed by atoms with Crippen LogP contribution in [-0.4, -0.2) is 65.1 Å². The summed E-state index contributed by atoms with van der Waals surface area (Å²) in [6.45, 7) is 10.6. The monoisotopic (exact) mass is 546 g/mol. The number of hydrogen-bond donors (Lipinski definition) is 0. The minimum Gasteiger partial charge on any atom is -0.466 e. The van der Waals surface area contributed by atoms with Crippen molar-refractivity contribution >= 4 is 52.1 Å². The molecule has 2 fully saturated rings. The van der Waals surface area contributed by atoms with Crippen LogP contribution in [0.4, 0.5) is 5.82 Å². The van der Waals surface area contributed by atoms with Crippen LogP contribution < -0.4 is 10.5 Å². The largest absolute Gasteiger partial charge is 0.466 e. The first-order chi connectivity index (χ1) is 17.8. The first-order valence-corrected chi connectivity index (χ1v) is 13.9. The lowest BCUT2D eigenvalue weighted by Crippen LogP contribution is -2.43. The molecule has 1 amide bonds. The number of nitriles is 1. The van der Waals surface area contributed by atoms with E-state index in [2.05, 4.69) is 0 Å². The third kappa shape index (κ3) is 6.25. The van der Waals surface area contributed by atoms with Crippen LogP contribution >= 0.6 is 24.0 Å². The van der Waals surface area contributed by atoms with Crippen LogP contribution in [-0.2, 0) is 25.6 Å². The Balaban J connectivity index is 2.07. The molecule has 0 spiro atoms. The zero-order valence-electron chi connectivity index (χ0n) is 21.9. The number of thiocarbonyl (C=S) groups is 1. The van der Waals surface area contributed by atoms with Crippen LogP contribution in [0, 0.1) is 24.2 Å². The second-order valence-electron chi connectivity index (χ2n) is 8.82. The summed E-state index contributed by atoms with van der Waals surface area (Å²) in [7, 11) is 0. The van der Waals surface area contributed by atoms with Gasteiger partial charge in [-0.05, 0) is 58.6 Å². The van der Waals surface area contributed by atoms with Gasteiger partial charge in [0.05, 0.1) is 17.4 Å². The molecule has 0 aliphatic carbocycles. The van der Waals surface area contributed by atoms with Gasteiger partial charge in [0.1, 0.15) is 21.8 Å². The Kier molecular flexibility index (Phi) is 10.3. The lowest BCUT2D eigenvalue weighted by molar-refractivity contribution is -0.148. The van der Waals surface area contributed by atoms with Crippen molar-refractivity contribution in [2.45, 2.75) is 53.5 Å². The summed E-state index contributed by atoms with van der Waals surface area (Å²) in [6, 6.07) is 2.05. The van der Waals surface area contributed by atoms with E-state index in [-0.39, 0.29) is 28.9 Å². The molecule has 3 rings (SSSR count). The van der Waals surface area contributed by atoms with Crippen molar-refractivity contribution in [1.82, 2.24) is 9.47 Å². The third-order valence-corrected chi connectivity index (χ3v) is 7.90. The van der Waals surface area contributed by atoms with Crippen molar-refractivity contribution in [2.24, 2.45) is 5.92 Å².